The zero-order valence-corrected chi connectivity index (χ0v) is 10.7. The van der Waals surface area contributed by atoms with Crippen LogP contribution in [0.2, 0.25) is 0 Å². The van der Waals surface area contributed by atoms with Gasteiger partial charge in [0.05, 0.1) is 19.8 Å². The Morgan fingerprint density at radius 3 is 2.13 bits per heavy atom. The van der Waals surface area contributed by atoms with Crippen LogP contribution in [0, 0.1) is 11.8 Å². The Kier molecular flexibility index (Phi) is 10.3. The van der Waals surface area contributed by atoms with E-state index in [9.17, 15) is 0 Å². The van der Waals surface area contributed by atoms with Gasteiger partial charge in [0.2, 0.25) is 0 Å². The second kappa shape index (κ2) is 10.4. The number of rotatable bonds is 10. The summed E-state index contributed by atoms with van der Waals surface area (Å²) in [4.78, 5) is 0. The van der Waals surface area contributed by atoms with Crippen molar-refractivity contribution in [3.05, 3.63) is 0 Å². The van der Waals surface area contributed by atoms with Crippen LogP contribution in [0.5, 0.6) is 0 Å². The second-order valence-corrected chi connectivity index (χ2v) is 4.68. The zero-order valence-electron chi connectivity index (χ0n) is 10.7. The van der Waals surface area contributed by atoms with Crippen molar-refractivity contribution in [2.24, 2.45) is 11.8 Å². The van der Waals surface area contributed by atoms with Gasteiger partial charge in [-0.3, -0.25) is 0 Å². The van der Waals surface area contributed by atoms with E-state index < -0.39 is 0 Å². The summed E-state index contributed by atoms with van der Waals surface area (Å²) in [6.07, 6.45) is 0. The third kappa shape index (κ3) is 13.9. The van der Waals surface area contributed by atoms with Crippen LogP contribution in [0.25, 0.3) is 0 Å². The van der Waals surface area contributed by atoms with Gasteiger partial charge in [0.25, 0.3) is 0 Å². The summed E-state index contributed by atoms with van der Waals surface area (Å²) in [7, 11) is 0. The van der Waals surface area contributed by atoms with Gasteiger partial charge >= 0.3 is 0 Å². The molecule has 3 nitrogen and oxygen atoms in total. The van der Waals surface area contributed by atoms with Crippen molar-refractivity contribution in [3.63, 3.8) is 0 Å². The second-order valence-electron chi connectivity index (χ2n) is 4.68. The summed E-state index contributed by atoms with van der Waals surface area (Å²) in [5, 5.41) is 3.33. The first-order valence-electron chi connectivity index (χ1n) is 5.99. The molecule has 0 fully saturated rings. The molecule has 0 aromatic heterocycles. The average Bonchev–Trinajstić information content (AvgIpc) is 2.14. The van der Waals surface area contributed by atoms with Gasteiger partial charge in [0.15, 0.2) is 0 Å². The van der Waals surface area contributed by atoms with E-state index in [0.29, 0.717) is 25.0 Å². The number of hydrogen-bond donors (Lipinski definition) is 1. The minimum atomic E-state index is 0.609. The predicted molar refractivity (Wildman–Crippen MR) is 64.2 cm³/mol. The van der Waals surface area contributed by atoms with E-state index >= 15 is 0 Å². The van der Waals surface area contributed by atoms with Gasteiger partial charge in [-0.1, -0.05) is 27.7 Å². The van der Waals surface area contributed by atoms with Crippen LogP contribution in [-0.2, 0) is 9.47 Å². The fourth-order valence-corrected chi connectivity index (χ4v) is 1.07. The van der Waals surface area contributed by atoms with Gasteiger partial charge < -0.3 is 14.8 Å². The van der Waals surface area contributed by atoms with Crippen molar-refractivity contribution in [1.29, 1.82) is 0 Å². The van der Waals surface area contributed by atoms with Crippen LogP contribution in [0.15, 0.2) is 0 Å². The summed E-state index contributed by atoms with van der Waals surface area (Å²) in [6.45, 7) is 13.7. The van der Waals surface area contributed by atoms with E-state index in [0.717, 1.165) is 26.3 Å². The number of ether oxygens (including phenoxy) is 2. The predicted octanol–water partition coefficient (Wildman–Crippen LogP) is 1.92. The maximum Gasteiger partial charge on any atom is 0.0701 e. The Morgan fingerprint density at radius 2 is 1.53 bits per heavy atom. The van der Waals surface area contributed by atoms with E-state index in [4.69, 9.17) is 9.47 Å². The molecule has 0 spiro atoms. The molecule has 0 amide bonds. The molecule has 0 aliphatic rings. The van der Waals surface area contributed by atoms with Crippen LogP contribution in [0.1, 0.15) is 27.7 Å². The van der Waals surface area contributed by atoms with E-state index in [1.165, 1.54) is 0 Å². The summed E-state index contributed by atoms with van der Waals surface area (Å²) >= 11 is 0. The lowest BCUT2D eigenvalue weighted by Gasteiger charge is -2.09. The lowest BCUT2D eigenvalue weighted by Crippen LogP contribution is -2.24. The molecule has 0 unspecified atom stereocenters. The average molecular weight is 217 g/mol. The van der Waals surface area contributed by atoms with Crippen molar-refractivity contribution >= 4 is 0 Å². The third-order valence-electron chi connectivity index (χ3n) is 1.80. The molecule has 0 atom stereocenters. The fraction of sp³-hybridized carbons (Fsp3) is 1.00. The lowest BCUT2D eigenvalue weighted by molar-refractivity contribution is 0.0387. The van der Waals surface area contributed by atoms with Gasteiger partial charge in [-0.15, -0.1) is 0 Å². The highest BCUT2D eigenvalue weighted by Gasteiger charge is 1.94. The van der Waals surface area contributed by atoms with Crippen molar-refractivity contribution in [3.8, 4) is 0 Å². The third-order valence-corrected chi connectivity index (χ3v) is 1.80. The molecule has 0 saturated carbocycles. The van der Waals surface area contributed by atoms with Crippen LogP contribution >= 0.6 is 0 Å². The molecule has 1 N–H and O–H groups in total. The summed E-state index contributed by atoms with van der Waals surface area (Å²) < 4.78 is 10.8. The standard InChI is InChI=1S/C12H27NO2/c1-11(2)9-13-5-6-14-7-8-15-10-12(3)4/h11-13H,5-10H2,1-4H3. The smallest absolute Gasteiger partial charge is 0.0701 e. The maximum atomic E-state index is 5.41. The minimum absolute atomic E-state index is 0.609. The molecule has 15 heavy (non-hydrogen) atoms. The van der Waals surface area contributed by atoms with Crippen LogP contribution in [-0.4, -0.2) is 39.5 Å². The lowest BCUT2D eigenvalue weighted by atomic mass is 10.2. The molecule has 0 radical (unpaired) electrons. The molecule has 92 valence electrons. The first kappa shape index (κ1) is 14.9. The van der Waals surface area contributed by atoms with E-state index in [1.807, 2.05) is 0 Å². The largest absolute Gasteiger partial charge is 0.379 e. The van der Waals surface area contributed by atoms with Gasteiger partial charge in [0, 0.05) is 13.2 Å². The Labute approximate surface area is 94.5 Å². The highest BCUT2D eigenvalue weighted by atomic mass is 16.5. The van der Waals surface area contributed by atoms with E-state index in [-0.39, 0.29) is 0 Å². The van der Waals surface area contributed by atoms with Crippen molar-refractivity contribution in [2.75, 3.05) is 39.5 Å². The van der Waals surface area contributed by atoms with Gasteiger partial charge in [-0.2, -0.15) is 0 Å². The maximum absolute atomic E-state index is 5.41. The molecule has 0 rings (SSSR count). The molecule has 0 heterocycles. The SMILES string of the molecule is CC(C)CNCCOCCOCC(C)C. The molecule has 0 aromatic carbocycles. The number of hydrogen-bond acceptors (Lipinski definition) is 3. The molecular weight excluding hydrogens is 190 g/mol. The molecular formula is C12H27NO2. The topological polar surface area (TPSA) is 30.5 Å². The van der Waals surface area contributed by atoms with Gasteiger partial charge in [-0.25, -0.2) is 0 Å². The molecule has 0 aliphatic carbocycles. The Hall–Kier alpha value is -0.120. The summed E-state index contributed by atoms with van der Waals surface area (Å²) in [5.41, 5.74) is 0. The number of nitrogens with one attached hydrogen (secondary N) is 1. The molecule has 3 heteroatoms. The Morgan fingerprint density at radius 1 is 0.867 bits per heavy atom. The van der Waals surface area contributed by atoms with Crippen LogP contribution < -0.4 is 5.32 Å². The van der Waals surface area contributed by atoms with Crippen LogP contribution in [0.4, 0.5) is 0 Å². The van der Waals surface area contributed by atoms with Crippen LogP contribution in [0.3, 0.4) is 0 Å². The first-order chi connectivity index (χ1) is 7.13. The Balaban J connectivity index is 2.93. The highest BCUT2D eigenvalue weighted by Crippen LogP contribution is 1.91. The molecule has 0 bridgehead atoms. The molecule has 0 aromatic rings. The quantitative estimate of drug-likeness (QED) is 0.567. The van der Waals surface area contributed by atoms with Gasteiger partial charge in [0.1, 0.15) is 0 Å². The first-order valence-corrected chi connectivity index (χ1v) is 5.99. The molecule has 0 saturated heterocycles. The summed E-state index contributed by atoms with van der Waals surface area (Å²) in [5.74, 6) is 1.32. The van der Waals surface area contributed by atoms with E-state index in [2.05, 4.69) is 33.0 Å². The van der Waals surface area contributed by atoms with Crippen molar-refractivity contribution in [2.45, 2.75) is 27.7 Å². The van der Waals surface area contributed by atoms with Crippen molar-refractivity contribution in [1.82, 2.24) is 5.32 Å². The zero-order chi connectivity index (χ0) is 11.5. The highest BCUT2D eigenvalue weighted by molar-refractivity contribution is 4.49. The normalized spacial score (nSPS) is 11.6. The summed E-state index contributed by atoms with van der Waals surface area (Å²) in [6, 6.07) is 0. The molecule has 0 aliphatic heterocycles. The van der Waals surface area contributed by atoms with Crippen molar-refractivity contribution < 1.29 is 9.47 Å². The fourth-order valence-electron chi connectivity index (χ4n) is 1.07. The monoisotopic (exact) mass is 217 g/mol. The minimum Gasteiger partial charge on any atom is -0.379 e. The van der Waals surface area contributed by atoms with E-state index in [1.54, 1.807) is 0 Å². The van der Waals surface area contributed by atoms with Gasteiger partial charge in [-0.05, 0) is 18.4 Å². The Bertz CT molecular complexity index is 113.